The summed E-state index contributed by atoms with van der Waals surface area (Å²) in [4.78, 5) is 0. The SMILES string of the molecule is COc1ccc2c(c1)[C@@H](O)CC(c1ccc(Cl)c(Cl)c1)O2. The summed E-state index contributed by atoms with van der Waals surface area (Å²) in [6.07, 6.45) is -0.406. The molecular formula is C16H14Cl2O3. The highest BCUT2D eigenvalue weighted by molar-refractivity contribution is 6.42. The van der Waals surface area contributed by atoms with Crippen LogP contribution in [0.3, 0.4) is 0 Å². The van der Waals surface area contributed by atoms with Gasteiger partial charge in [-0.1, -0.05) is 29.3 Å². The molecule has 0 spiro atoms. The van der Waals surface area contributed by atoms with Gasteiger partial charge >= 0.3 is 0 Å². The molecule has 2 atom stereocenters. The standard InChI is InChI=1S/C16H14Cl2O3/c1-20-10-3-5-15-11(7-10)14(19)8-16(21-15)9-2-4-12(17)13(18)6-9/h2-7,14,16,19H,8H2,1H3/t14-,16?/m0/s1. The molecule has 1 aliphatic rings. The molecule has 110 valence electrons. The normalized spacial score (nSPS) is 20.6. The average Bonchev–Trinajstić information content (AvgIpc) is 2.49. The smallest absolute Gasteiger partial charge is 0.127 e. The third-order valence-electron chi connectivity index (χ3n) is 3.60. The van der Waals surface area contributed by atoms with Crippen LogP contribution in [-0.2, 0) is 0 Å². The van der Waals surface area contributed by atoms with Gasteiger partial charge in [0.05, 0.1) is 23.3 Å². The number of fused-ring (bicyclic) bond motifs is 1. The van der Waals surface area contributed by atoms with Crippen LogP contribution in [0.5, 0.6) is 11.5 Å². The summed E-state index contributed by atoms with van der Waals surface area (Å²) >= 11 is 12.0. The number of halogens is 2. The van der Waals surface area contributed by atoms with E-state index in [2.05, 4.69) is 0 Å². The van der Waals surface area contributed by atoms with E-state index in [0.717, 1.165) is 11.1 Å². The van der Waals surface area contributed by atoms with Gasteiger partial charge in [-0.05, 0) is 35.9 Å². The van der Waals surface area contributed by atoms with E-state index in [0.29, 0.717) is 28.0 Å². The zero-order valence-electron chi connectivity index (χ0n) is 11.3. The van der Waals surface area contributed by atoms with E-state index in [1.807, 2.05) is 12.1 Å². The van der Waals surface area contributed by atoms with Crippen LogP contribution in [0.1, 0.15) is 29.8 Å². The van der Waals surface area contributed by atoms with Gasteiger partial charge in [-0.2, -0.15) is 0 Å². The number of aliphatic hydroxyl groups is 1. The topological polar surface area (TPSA) is 38.7 Å². The first-order valence-electron chi connectivity index (χ1n) is 6.56. The molecule has 3 nitrogen and oxygen atoms in total. The lowest BCUT2D eigenvalue weighted by Gasteiger charge is -2.30. The van der Waals surface area contributed by atoms with Crippen molar-refractivity contribution in [2.75, 3.05) is 7.11 Å². The lowest BCUT2D eigenvalue weighted by atomic mass is 9.95. The highest BCUT2D eigenvalue weighted by atomic mass is 35.5. The van der Waals surface area contributed by atoms with Crippen LogP contribution in [0.15, 0.2) is 36.4 Å². The summed E-state index contributed by atoms with van der Waals surface area (Å²) in [5.41, 5.74) is 1.63. The molecule has 3 rings (SSSR count). The summed E-state index contributed by atoms with van der Waals surface area (Å²) in [5.74, 6) is 1.36. The Morgan fingerprint density at radius 3 is 2.67 bits per heavy atom. The Hall–Kier alpha value is -1.42. The first-order chi connectivity index (χ1) is 10.1. The number of hydrogen-bond acceptors (Lipinski definition) is 3. The van der Waals surface area contributed by atoms with Gasteiger partial charge < -0.3 is 14.6 Å². The molecule has 0 bridgehead atoms. The van der Waals surface area contributed by atoms with E-state index < -0.39 is 6.10 Å². The van der Waals surface area contributed by atoms with E-state index >= 15 is 0 Å². The van der Waals surface area contributed by atoms with Crippen molar-refractivity contribution in [3.63, 3.8) is 0 Å². The largest absolute Gasteiger partial charge is 0.497 e. The molecule has 0 fully saturated rings. The van der Waals surface area contributed by atoms with Crippen molar-refractivity contribution in [2.24, 2.45) is 0 Å². The lowest BCUT2D eigenvalue weighted by Crippen LogP contribution is -2.19. The Balaban J connectivity index is 1.92. The van der Waals surface area contributed by atoms with Crippen molar-refractivity contribution in [3.8, 4) is 11.5 Å². The molecular weight excluding hydrogens is 311 g/mol. The third kappa shape index (κ3) is 2.82. The van der Waals surface area contributed by atoms with Gasteiger partial charge in [0.15, 0.2) is 0 Å². The van der Waals surface area contributed by atoms with E-state index in [-0.39, 0.29) is 6.10 Å². The second-order valence-electron chi connectivity index (χ2n) is 4.94. The van der Waals surface area contributed by atoms with Gasteiger partial charge in [0, 0.05) is 12.0 Å². The Bertz CT molecular complexity index is 673. The first kappa shape index (κ1) is 14.5. The molecule has 0 aliphatic carbocycles. The van der Waals surface area contributed by atoms with Crippen molar-refractivity contribution < 1.29 is 14.6 Å². The minimum absolute atomic E-state index is 0.254. The maximum atomic E-state index is 10.3. The maximum absolute atomic E-state index is 10.3. The number of methoxy groups -OCH3 is 1. The number of ether oxygens (including phenoxy) is 2. The van der Waals surface area contributed by atoms with Crippen LogP contribution in [-0.4, -0.2) is 12.2 Å². The van der Waals surface area contributed by atoms with Gasteiger partial charge in [-0.25, -0.2) is 0 Å². The zero-order chi connectivity index (χ0) is 15.0. The lowest BCUT2D eigenvalue weighted by molar-refractivity contribution is 0.0654. The summed E-state index contributed by atoms with van der Waals surface area (Å²) in [6, 6.07) is 10.8. The quantitative estimate of drug-likeness (QED) is 0.880. The second-order valence-corrected chi connectivity index (χ2v) is 5.75. The molecule has 2 aromatic carbocycles. The number of rotatable bonds is 2. The van der Waals surface area contributed by atoms with Crippen LogP contribution in [0, 0.1) is 0 Å². The molecule has 1 N–H and O–H groups in total. The van der Waals surface area contributed by atoms with Crippen molar-refractivity contribution in [1.82, 2.24) is 0 Å². The summed E-state index contributed by atoms with van der Waals surface area (Å²) < 4.78 is 11.1. The van der Waals surface area contributed by atoms with E-state index in [1.165, 1.54) is 0 Å². The molecule has 1 unspecified atom stereocenters. The minimum atomic E-state index is -0.608. The second kappa shape index (κ2) is 5.76. The predicted octanol–water partition coefficient (Wildman–Crippen LogP) is 4.56. The van der Waals surface area contributed by atoms with Crippen LogP contribution in [0.25, 0.3) is 0 Å². The fourth-order valence-corrected chi connectivity index (χ4v) is 2.78. The molecule has 21 heavy (non-hydrogen) atoms. The van der Waals surface area contributed by atoms with Crippen LogP contribution in [0.4, 0.5) is 0 Å². The van der Waals surface area contributed by atoms with E-state index in [4.69, 9.17) is 32.7 Å². The Morgan fingerprint density at radius 1 is 1.14 bits per heavy atom. The number of benzene rings is 2. The van der Waals surface area contributed by atoms with Gasteiger partial charge in [-0.15, -0.1) is 0 Å². The van der Waals surface area contributed by atoms with Crippen molar-refractivity contribution in [3.05, 3.63) is 57.6 Å². The summed E-state index contributed by atoms with van der Waals surface area (Å²) in [6.45, 7) is 0. The molecule has 0 amide bonds. The summed E-state index contributed by atoms with van der Waals surface area (Å²) in [5, 5.41) is 11.3. The maximum Gasteiger partial charge on any atom is 0.127 e. The molecule has 0 saturated heterocycles. The highest BCUT2D eigenvalue weighted by Crippen LogP contribution is 2.42. The van der Waals surface area contributed by atoms with Crippen LogP contribution < -0.4 is 9.47 Å². The molecule has 1 aliphatic heterocycles. The van der Waals surface area contributed by atoms with Crippen molar-refractivity contribution in [1.29, 1.82) is 0 Å². The van der Waals surface area contributed by atoms with E-state index in [1.54, 1.807) is 31.4 Å². The first-order valence-corrected chi connectivity index (χ1v) is 7.31. The highest BCUT2D eigenvalue weighted by Gasteiger charge is 2.28. The van der Waals surface area contributed by atoms with Gasteiger partial charge in [0.25, 0.3) is 0 Å². The third-order valence-corrected chi connectivity index (χ3v) is 4.34. The fraction of sp³-hybridized carbons (Fsp3) is 0.250. The van der Waals surface area contributed by atoms with Crippen LogP contribution >= 0.6 is 23.2 Å². The zero-order valence-corrected chi connectivity index (χ0v) is 12.9. The number of hydrogen-bond donors (Lipinski definition) is 1. The van der Waals surface area contributed by atoms with Gasteiger partial charge in [0.2, 0.25) is 0 Å². The molecule has 5 heteroatoms. The van der Waals surface area contributed by atoms with Gasteiger partial charge in [0.1, 0.15) is 17.6 Å². The van der Waals surface area contributed by atoms with E-state index in [9.17, 15) is 5.11 Å². The molecule has 0 radical (unpaired) electrons. The van der Waals surface area contributed by atoms with Gasteiger partial charge in [-0.3, -0.25) is 0 Å². The molecule has 0 saturated carbocycles. The predicted molar refractivity (Wildman–Crippen MR) is 82.4 cm³/mol. The average molecular weight is 325 g/mol. The van der Waals surface area contributed by atoms with Crippen molar-refractivity contribution >= 4 is 23.2 Å². The molecule has 0 aromatic heterocycles. The van der Waals surface area contributed by atoms with Crippen molar-refractivity contribution in [2.45, 2.75) is 18.6 Å². The molecule has 1 heterocycles. The minimum Gasteiger partial charge on any atom is -0.497 e. The Morgan fingerprint density at radius 2 is 1.95 bits per heavy atom. The monoisotopic (exact) mass is 324 g/mol. The molecule has 2 aromatic rings. The summed E-state index contributed by atoms with van der Waals surface area (Å²) in [7, 11) is 1.59. The number of aliphatic hydroxyl groups excluding tert-OH is 1. The fourth-order valence-electron chi connectivity index (χ4n) is 2.47. The Labute approximate surface area is 133 Å². The Kier molecular flexibility index (Phi) is 3.98. The van der Waals surface area contributed by atoms with Crippen LogP contribution in [0.2, 0.25) is 10.0 Å².